The SMILES string of the molecule is CCOc1ccc(C(O)=C2C(=O)C(=O)N(c3cc(C)on3)[C@H]2c2cccc(Br)c2)cc1. The summed E-state index contributed by atoms with van der Waals surface area (Å²) in [6.45, 7) is 4.08. The van der Waals surface area contributed by atoms with E-state index in [0.717, 1.165) is 4.47 Å². The molecule has 4 rings (SSSR count). The molecule has 1 N–H and O–H groups in total. The first-order valence-electron chi connectivity index (χ1n) is 9.63. The maximum atomic E-state index is 13.0. The smallest absolute Gasteiger partial charge is 0.301 e. The third-order valence-electron chi connectivity index (χ3n) is 4.91. The average molecular weight is 483 g/mol. The number of ketones is 1. The number of carbonyl (C=O) groups excluding carboxylic acids is 2. The molecule has 1 aliphatic heterocycles. The second-order valence-electron chi connectivity index (χ2n) is 6.98. The van der Waals surface area contributed by atoms with E-state index < -0.39 is 17.7 Å². The predicted molar refractivity (Wildman–Crippen MR) is 118 cm³/mol. The molecule has 1 amide bonds. The van der Waals surface area contributed by atoms with E-state index in [0.29, 0.717) is 29.2 Å². The van der Waals surface area contributed by atoms with Gasteiger partial charge in [0.05, 0.1) is 18.2 Å². The Bertz CT molecular complexity index is 1180. The third-order valence-corrected chi connectivity index (χ3v) is 5.40. The number of carbonyl (C=O) groups is 2. The number of aliphatic hydroxyl groups excluding tert-OH is 1. The number of benzene rings is 2. The number of hydrogen-bond acceptors (Lipinski definition) is 6. The van der Waals surface area contributed by atoms with Crippen LogP contribution >= 0.6 is 15.9 Å². The highest BCUT2D eigenvalue weighted by Crippen LogP contribution is 2.42. The number of amides is 1. The lowest BCUT2D eigenvalue weighted by atomic mass is 9.95. The van der Waals surface area contributed by atoms with Gasteiger partial charge in [-0.05, 0) is 55.8 Å². The number of halogens is 1. The number of aromatic nitrogens is 1. The molecule has 1 aromatic heterocycles. The van der Waals surface area contributed by atoms with Crippen LogP contribution in [0.3, 0.4) is 0 Å². The van der Waals surface area contributed by atoms with Crippen molar-refractivity contribution in [1.82, 2.24) is 5.16 Å². The van der Waals surface area contributed by atoms with Crippen LogP contribution < -0.4 is 9.64 Å². The molecule has 0 spiro atoms. The Morgan fingerprint density at radius 1 is 1.19 bits per heavy atom. The molecule has 158 valence electrons. The van der Waals surface area contributed by atoms with E-state index in [4.69, 9.17) is 9.26 Å². The summed E-state index contributed by atoms with van der Waals surface area (Å²) in [7, 11) is 0. The van der Waals surface area contributed by atoms with E-state index in [2.05, 4.69) is 21.1 Å². The molecule has 1 atom stereocenters. The zero-order valence-corrected chi connectivity index (χ0v) is 18.4. The van der Waals surface area contributed by atoms with E-state index in [1.54, 1.807) is 55.5 Å². The van der Waals surface area contributed by atoms with Crippen molar-refractivity contribution in [2.45, 2.75) is 19.9 Å². The lowest BCUT2D eigenvalue weighted by molar-refractivity contribution is -0.132. The molecule has 0 saturated carbocycles. The second-order valence-corrected chi connectivity index (χ2v) is 7.89. The van der Waals surface area contributed by atoms with Crippen molar-refractivity contribution in [2.75, 3.05) is 11.5 Å². The minimum atomic E-state index is -0.867. The van der Waals surface area contributed by atoms with Crippen LogP contribution in [-0.2, 0) is 9.59 Å². The molecule has 7 nitrogen and oxygen atoms in total. The molecule has 31 heavy (non-hydrogen) atoms. The number of aryl methyl sites for hydroxylation is 1. The lowest BCUT2D eigenvalue weighted by Gasteiger charge is -2.23. The normalized spacial score (nSPS) is 17.9. The van der Waals surface area contributed by atoms with Gasteiger partial charge in [0.1, 0.15) is 17.3 Å². The molecule has 0 radical (unpaired) electrons. The zero-order chi connectivity index (χ0) is 22.1. The van der Waals surface area contributed by atoms with Crippen LogP contribution in [0.4, 0.5) is 5.82 Å². The van der Waals surface area contributed by atoms with Crippen molar-refractivity contribution < 1.29 is 24.0 Å². The summed E-state index contributed by atoms with van der Waals surface area (Å²) >= 11 is 3.43. The highest BCUT2D eigenvalue weighted by molar-refractivity contribution is 9.10. The summed E-state index contributed by atoms with van der Waals surface area (Å²) in [5.41, 5.74) is 1.02. The van der Waals surface area contributed by atoms with Crippen molar-refractivity contribution in [3.8, 4) is 5.75 Å². The van der Waals surface area contributed by atoms with E-state index >= 15 is 0 Å². The minimum Gasteiger partial charge on any atom is -0.507 e. The third kappa shape index (κ3) is 3.86. The first-order chi connectivity index (χ1) is 14.9. The summed E-state index contributed by atoms with van der Waals surface area (Å²) in [5, 5.41) is 15.0. The number of nitrogens with zero attached hydrogens (tertiary/aromatic N) is 2. The summed E-state index contributed by atoms with van der Waals surface area (Å²) in [6.07, 6.45) is 0. The number of anilines is 1. The van der Waals surface area contributed by atoms with Crippen molar-refractivity contribution in [2.24, 2.45) is 0 Å². The van der Waals surface area contributed by atoms with Crippen molar-refractivity contribution in [3.63, 3.8) is 0 Å². The molecule has 1 fully saturated rings. The molecular formula is C23H19BrN2O5. The maximum absolute atomic E-state index is 13.0. The number of rotatable bonds is 5. The van der Waals surface area contributed by atoms with Gasteiger partial charge in [0.15, 0.2) is 5.82 Å². The lowest BCUT2D eigenvalue weighted by Crippen LogP contribution is -2.29. The quantitative estimate of drug-likeness (QED) is 0.319. The van der Waals surface area contributed by atoms with Gasteiger partial charge in [-0.1, -0.05) is 33.2 Å². The number of aliphatic hydroxyl groups is 1. The predicted octanol–water partition coefficient (Wildman–Crippen LogP) is 4.77. The van der Waals surface area contributed by atoms with Crippen LogP contribution in [0.15, 0.2) is 69.2 Å². The Morgan fingerprint density at radius 2 is 1.94 bits per heavy atom. The fourth-order valence-corrected chi connectivity index (χ4v) is 3.98. The molecule has 1 saturated heterocycles. The highest BCUT2D eigenvalue weighted by Gasteiger charge is 2.48. The van der Waals surface area contributed by atoms with E-state index in [-0.39, 0.29) is 17.2 Å². The van der Waals surface area contributed by atoms with E-state index in [1.165, 1.54) is 4.90 Å². The topological polar surface area (TPSA) is 92.9 Å². The monoisotopic (exact) mass is 482 g/mol. The second kappa shape index (κ2) is 8.39. The Balaban J connectivity index is 1.89. The first kappa shape index (κ1) is 20.9. The van der Waals surface area contributed by atoms with Gasteiger partial charge in [0, 0.05) is 16.1 Å². The number of ether oxygens (including phenoxy) is 1. The molecule has 0 unspecified atom stereocenters. The van der Waals surface area contributed by atoms with E-state index in [1.807, 2.05) is 13.0 Å². The summed E-state index contributed by atoms with van der Waals surface area (Å²) in [6, 6.07) is 14.6. The summed E-state index contributed by atoms with van der Waals surface area (Å²) in [4.78, 5) is 27.3. The zero-order valence-electron chi connectivity index (χ0n) is 16.8. The molecule has 2 heterocycles. The molecule has 8 heteroatoms. The largest absolute Gasteiger partial charge is 0.507 e. The van der Waals surface area contributed by atoms with Crippen molar-refractivity contribution in [1.29, 1.82) is 0 Å². The van der Waals surface area contributed by atoms with Gasteiger partial charge in [-0.25, -0.2) is 0 Å². The molecule has 0 aliphatic carbocycles. The Hall–Kier alpha value is -3.39. The Labute approximate surface area is 187 Å². The summed E-state index contributed by atoms with van der Waals surface area (Å²) < 4.78 is 11.3. The molecule has 2 aromatic carbocycles. The van der Waals surface area contributed by atoms with Crippen LogP contribution in [0, 0.1) is 6.92 Å². The highest BCUT2D eigenvalue weighted by atomic mass is 79.9. The van der Waals surface area contributed by atoms with Gasteiger partial charge in [-0.2, -0.15) is 0 Å². The van der Waals surface area contributed by atoms with Gasteiger partial charge in [-0.15, -0.1) is 0 Å². The van der Waals surface area contributed by atoms with Gasteiger partial charge in [-0.3, -0.25) is 14.5 Å². The summed E-state index contributed by atoms with van der Waals surface area (Å²) in [5.74, 6) is -0.510. The maximum Gasteiger partial charge on any atom is 0.301 e. The molecular weight excluding hydrogens is 464 g/mol. The average Bonchev–Trinajstić information content (AvgIpc) is 3.29. The molecule has 0 bridgehead atoms. The van der Waals surface area contributed by atoms with Crippen LogP contribution in [0.1, 0.15) is 29.9 Å². The Kier molecular flexibility index (Phi) is 5.65. The number of Topliss-reactive ketones (excluding diaryl/α,β-unsaturated/α-hetero) is 1. The molecule has 1 aliphatic rings. The number of hydrogen-bond donors (Lipinski definition) is 1. The fourth-order valence-electron chi connectivity index (χ4n) is 3.56. The van der Waals surface area contributed by atoms with Crippen LogP contribution in [0.5, 0.6) is 5.75 Å². The van der Waals surface area contributed by atoms with Crippen LogP contribution in [-0.4, -0.2) is 28.6 Å². The fraction of sp³-hybridized carbons (Fsp3) is 0.174. The Morgan fingerprint density at radius 3 is 2.55 bits per heavy atom. The first-order valence-corrected chi connectivity index (χ1v) is 10.4. The van der Waals surface area contributed by atoms with Crippen molar-refractivity contribution >= 4 is 39.2 Å². The van der Waals surface area contributed by atoms with E-state index in [9.17, 15) is 14.7 Å². The molecule has 3 aromatic rings. The van der Waals surface area contributed by atoms with Gasteiger partial charge in [0.2, 0.25) is 0 Å². The van der Waals surface area contributed by atoms with Crippen LogP contribution in [0.25, 0.3) is 5.76 Å². The standard InChI is InChI=1S/C23H19BrN2O5/c1-3-30-17-9-7-14(8-10-17)21(27)19-20(15-5-4-6-16(24)12-15)26(23(29)22(19)28)18-11-13(2)31-25-18/h4-12,20,27H,3H2,1-2H3/t20-/m0/s1. The van der Waals surface area contributed by atoms with Gasteiger partial charge < -0.3 is 14.4 Å². The van der Waals surface area contributed by atoms with Gasteiger partial charge in [0.25, 0.3) is 5.78 Å². The van der Waals surface area contributed by atoms with Gasteiger partial charge >= 0.3 is 5.91 Å². The van der Waals surface area contributed by atoms with Crippen LogP contribution in [0.2, 0.25) is 0 Å². The minimum absolute atomic E-state index is 0.0205. The van der Waals surface area contributed by atoms with Crippen molar-refractivity contribution in [3.05, 3.63) is 81.5 Å².